The maximum absolute atomic E-state index is 13.9. The number of sulfonamides is 1. The largest absolute Gasteiger partial charge is 0.355 e. The van der Waals surface area contributed by atoms with Crippen LogP contribution in [0.3, 0.4) is 0 Å². The molecule has 37 heavy (non-hydrogen) atoms. The highest BCUT2D eigenvalue weighted by atomic mass is 79.9. The van der Waals surface area contributed by atoms with Crippen LogP contribution >= 0.6 is 15.9 Å². The Morgan fingerprint density at radius 1 is 0.946 bits per heavy atom. The number of para-hydroxylation sites is 1. The van der Waals surface area contributed by atoms with Gasteiger partial charge in [0.15, 0.2) is 0 Å². The van der Waals surface area contributed by atoms with Gasteiger partial charge in [0, 0.05) is 17.6 Å². The van der Waals surface area contributed by atoms with Crippen LogP contribution in [0, 0.1) is 0 Å². The number of nitrogens with one attached hydrogen (secondary N) is 1. The van der Waals surface area contributed by atoms with Gasteiger partial charge in [-0.15, -0.1) is 0 Å². The number of amides is 2. The van der Waals surface area contributed by atoms with Gasteiger partial charge in [-0.2, -0.15) is 0 Å². The first kappa shape index (κ1) is 28.4. The van der Waals surface area contributed by atoms with Crippen LogP contribution in [0.2, 0.25) is 0 Å². The van der Waals surface area contributed by atoms with Crippen molar-refractivity contribution in [2.24, 2.45) is 0 Å². The molecule has 196 valence electrons. The van der Waals surface area contributed by atoms with Crippen molar-refractivity contribution in [3.05, 3.63) is 94.5 Å². The zero-order valence-electron chi connectivity index (χ0n) is 21.2. The third kappa shape index (κ3) is 6.99. The number of hydrogen-bond donors (Lipinski definition) is 1. The molecule has 1 atom stereocenters. The zero-order chi connectivity index (χ0) is 27.0. The van der Waals surface area contributed by atoms with Gasteiger partial charge in [-0.05, 0) is 61.7 Å². The Labute approximate surface area is 227 Å². The van der Waals surface area contributed by atoms with E-state index in [0.717, 1.165) is 19.9 Å². The number of likely N-dealkylation sites (N-methyl/N-ethyl adjacent to an activating group) is 1. The van der Waals surface area contributed by atoms with Gasteiger partial charge in [-0.25, -0.2) is 8.42 Å². The molecule has 2 amide bonds. The molecule has 0 bridgehead atoms. The second-order valence-electron chi connectivity index (χ2n) is 8.53. The fraction of sp³-hybridized carbons (Fsp3) is 0.286. The molecule has 0 saturated heterocycles. The lowest BCUT2D eigenvalue weighted by Gasteiger charge is -2.32. The van der Waals surface area contributed by atoms with Crippen LogP contribution in [-0.4, -0.2) is 44.3 Å². The average Bonchev–Trinajstić information content (AvgIpc) is 2.90. The molecule has 3 aromatic rings. The summed E-state index contributed by atoms with van der Waals surface area (Å²) in [5.74, 6) is -0.790. The monoisotopic (exact) mass is 585 g/mol. The van der Waals surface area contributed by atoms with Gasteiger partial charge in [0.2, 0.25) is 11.8 Å². The molecule has 0 aliphatic rings. The van der Waals surface area contributed by atoms with E-state index in [-0.39, 0.29) is 17.3 Å². The molecule has 9 heteroatoms. The third-order valence-corrected chi connectivity index (χ3v) is 8.28. The van der Waals surface area contributed by atoms with E-state index < -0.39 is 28.5 Å². The maximum Gasteiger partial charge on any atom is 0.264 e. The highest BCUT2D eigenvalue weighted by Crippen LogP contribution is 2.28. The molecule has 0 spiro atoms. The highest BCUT2D eigenvalue weighted by molar-refractivity contribution is 9.10. The van der Waals surface area contributed by atoms with Crippen molar-refractivity contribution in [2.75, 3.05) is 17.4 Å². The van der Waals surface area contributed by atoms with E-state index in [2.05, 4.69) is 21.2 Å². The van der Waals surface area contributed by atoms with Crippen LogP contribution in [-0.2, 0) is 32.6 Å². The Morgan fingerprint density at radius 3 is 2.27 bits per heavy atom. The second kappa shape index (κ2) is 12.9. The number of nitrogens with zero attached hydrogens (tertiary/aromatic N) is 2. The minimum absolute atomic E-state index is 0.0871. The fourth-order valence-corrected chi connectivity index (χ4v) is 5.94. The summed E-state index contributed by atoms with van der Waals surface area (Å²) >= 11 is 3.45. The standard InChI is InChI=1S/C28H32BrN3O4S/c1-4-23-13-9-10-17-26(23)32(37(35,36)25-15-7-6-8-16-25)20-27(33)31(21(3)28(34)30-5-2)19-22-12-11-14-24(29)18-22/h6-18,21H,4-5,19-20H2,1-3H3,(H,30,34). The van der Waals surface area contributed by atoms with Gasteiger partial charge in [0.25, 0.3) is 10.0 Å². The molecule has 1 unspecified atom stereocenters. The summed E-state index contributed by atoms with van der Waals surface area (Å²) in [6, 6.07) is 21.9. The average molecular weight is 587 g/mol. The lowest BCUT2D eigenvalue weighted by Crippen LogP contribution is -2.51. The van der Waals surface area contributed by atoms with Crippen molar-refractivity contribution in [3.8, 4) is 0 Å². The zero-order valence-corrected chi connectivity index (χ0v) is 23.6. The normalized spacial score (nSPS) is 12.0. The summed E-state index contributed by atoms with van der Waals surface area (Å²) < 4.78 is 29.7. The third-order valence-electron chi connectivity index (χ3n) is 6.01. The van der Waals surface area contributed by atoms with E-state index >= 15 is 0 Å². The molecule has 1 N–H and O–H groups in total. The summed E-state index contributed by atoms with van der Waals surface area (Å²) in [5.41, 5.74) is 2.05. The Kier molecular flexibility index (Phi) is 9.88. The van der Waals surface area contributed by atoms with Crippen LogP contribution in [0.25, 0.3) is 0 Å². The summed E-state index contributed by atoms with van der Waals surface area (Å²) in [7, 11) is -4.07. The molecule has 0 aliphatic carbocycles. The molecule has 0 saturated carbocycles. The predicted octanol–water partition coefficient (Wildman–Crippen LogP) is 4.76. The molecular formula is C28H32BrN3O4S. The van der Waals surface area contributed by atoms with Gasteiger partial charge in [0.1, 0.15) is 12.6 Å². The lowest BCUT2D eigenvalue weighted by molar-refractivity contribution is -0.139. The number of aryl methyl sites for hydroxylation is 1. The lowest BCUT2D eigenvalue weighted by atomic mass is 10.1. The number of halogens is 1. The summed E-state index contributed by atoms with van der Waals surface area (Å²) in [6.07, 6.45) is 0.586. The molecule has 7 nitrogen and oxygen atoms in total. The van der Waals surface area contributed by atoms with Crippen molar-refractivity contribution in [3.63, 3.8) is 0 Å². The van der Waals surface area contributed by atoms with Gasteiger partial charge in [0.05, 0.1) is 10.6 Å². The SMILES string of the molecule is CCNC(=O)C(C)N(Cc1cccc(Br)c1)C(=O)CN(c1ccccc1CC)S(=O)(=O)c1ccccc1. The van der Waals surface area contributed by atoms with Crippen molar-refractivity contribution in [1.29, 1.82) is 0 Å². The minimum Gasteiger partial charge on any atom is -0.355 e. The Bertz CT molecular complexity index is 1330. The van der Waals surface area contributed by atoms with E-state index in [4.69, 9.17) is 0 Å². The number of anilines is 1. The van der Waals surface area contributed by atoms with E-state index in [9.17, 15) is 18.0 Å². The molecule has 3 aromatic carbocycles. The summed E-state index contributed by atoms with van der Waals surface area (Å²) in [4.78, 5) is 28.2. The number of hydrogen-bond acceptors (Lipinski definition) is 4. The number of rotatable bonds is 11. The van der Waals surface area contributed by atoms with Crippen LogP contribution in [0.5, 0.6) is 0 Å². The van der Waals surface area contributed by atoms with Crippen molar-refractivity contribution in [2.45, 2.75) is 44.7 Å². The smallest absolute Gasteiger partial charge is 0.264 e. The van der Waals surface area contributed by atoms with Crippen LogP contribution < -0.4 is 9.62 Å². The molecule has 3 rings (SSSR count). The topological polar surface area (TPSA) is 86.8 Å². The maximum atomic E-state index is 13.9. The van der Waals surface area contributed by atoms with Crippen molar-refractivity contribution >= 4 is 43.5 Å². The number of benzene rings is 3. The molecule has 0 aromatic heterocycles. The molecular weight excluding hydrogens is 554 g/mol. The Balaban J connectivity index is 2.06. The highest BCUT2D eigenvalue weighted by Gasteiger charge is 2.33. The second-order valence-corrected chi connectivity index (χ2v) is 11.3. The van der Waals surface area contributed by atoms with E-state index in [0.29, 0.717) is 18.7 Å². The quantitative estimate of drug-likeness (QED) is 0.351. The first-order valence-electron chi connectivity index (χ1n) is 12.2. The minimum atomic E-state index is -4.07. The van der Waals surface area contributed by atoms with Gasteiger partial charge in [-0.3, -0.25) is 13.9 Å². The summed E-state index contributed by atoms with van der Waals surface area (Å²) in [5, 5.41) is 2.76. The van der Waals surface area contributed by atoms with Gasteiger partial charge < -0.3 is 10.2 Å². The molecule has 0 aliphatic heterocycles. The van der Waals surface area contributed by atoms with Crippen LogP contribution in [0.4, 0.5) is 5.69 Å². The number of carbonyl (C=O) groups is 2. The fourth-order valence-electron chi connectivity index (χ4n) is 4.02. The van der Waals surface area contributed by atoms with Gasteiger partial charge >= 0.3 is 0 Å². The Morgan fingerprint density at radius 2 is 1.62 bits per heavy atom. The van der Waals surface area contributed by atoms with Crippen LogP contribution in [0.1, 0.15) is 31.9 Å². The van der Waals surface area contributed by atoms with Crippen LogP contribution in [0.15, 0.2) is 88.2 Å². The van der Waals surface area contributed by atoms with E-state index in [1.54, 1.807) is 44.2 Å². The van der Waals surface area contributed by atoms with E-state index in [1.807, 2.05) is 43.3 Å². The molecule has 0 heterocycles. The van der Waals surface area contributed by atoms with E-state index in [1.165, 1.54) is 17.0 Å². The summed E-state index contributed by atoms with van der Waals surface area (Å²) in [6.45, 7) is 5.50. The first-order chi connectivity index (χ1) is 17.7. The Hall–Kier alpha value is -3.17. The number of carbonyl (C=O) groups excluding carboxylic acids is 2. The molecule has 0 radical (unpaired) electrons. The van der Waals surface area contributed by atoms with Crippen molar-refractivity contribution in [1.82, 2.24) is 10.2 Å². The predicted molar refractivity (Wildman–Crippen MR) is 150 cm³/mol. The van der Waals surface area contributed by atoms with Gasteiger partial charge in [-0.1, -0.05) is 71.4 Å². The van der Waals surface area contributed by atoms with Crippen molar-refractivity contribution < 1.29 is 18.0 Å². The molecule has 0 fully saturated rings. The first-order valence-corrected chi connectivity index (χ1v) is 14.4.